The third-order valence-electron chi connectivity index (χ3n) is 2.88. The Balaban J connectivity index is 3.09. The summed E-state index contributed by atoms with van der Waals surface area (Å²) in [6.07, 6.45) is 0. The molecule has 19 heavy (non-hydrogen) atoms. The fourth-order valence-electron chi connectivity index (χ4n) is 2.07. The molecule has 0 spiro atoms. The summed E-state index contributed by atoms with van der Waals surface area (Å²) >= 11 is 11.5. The number of H-pyrrole nitrogens is 1. The van der Waals surface area contributed by atoms with Crippen molar-refractivity contribution in [2.75, 3.05) is 0 Å². The predicted molar refractivity (Wildman–Crippen MR) is 72.3 cm³/mol. The lowest BCUT2D eigenvalue weighted by atomic mass is 9.96. The maximum absolute atomic E-state index is 14.1. The molecule has 2 rings (SSSR count). The number of fused-ring (bicyclic) bond motifs is 1. The van der Waals surface area contributed by atoms with E-state index in [2.05, 4.69) is 9.97 Å². The maximum atomic E-state index is 14.1. The first-order valence-corrected chi connectivity index (χ1v) is 6.20. The van der Waals surface area contributed by atoms with Gasteiger partial charge in [0.25, 0.3) is 5.56 Å². The molecule has 0 radical (unpaired) electrons. The second-order valence-electron chi connectivity index (χ2n) is 4.77. The van der Waals surface area contributed by atoms with Gasteiger partial charge in [-0.05, 0) is 26.3 Å². The molecule has 0 fully saturated rings. The number of aliphatic hydroxyl groups is 1. The Morgan fingerprint density at radius 1 is 1.26 bits per heavy atom. The summed E-state index contributed by atoms with van der Waals surface area (Å²) < 4.78 is 14.1. The van der Waals surface area contributed by atoms with Crippen molar-refractivity contribution >= 4 is 34.0 Å². The molecule has 2 N–H and O–H groups in total. The Morgan fingerprint density at radius 3 is 2.37 bits per heavy atom. The first kappa shape index (κ1) is 14.2. The highest BCUT2D eigenvalue weighted by molar-refractivity contribution is 6.36. The molecule has 2 heterocycles. The highest BCUT2D eigenvalue weighted by Gasteiger charge is 2.25. The van der Waals surface area contributed by atoms with Crippen molar-refractivity contribution in [2.45, 2.75) is 26.4 Å². The van der Waals surface area contributed by atoms with Crippen LogP contribution in [0.15, 0.2) is 4.79 Å². The van der Waals surface area contributed by atoms with Gasteiger partial charge in [-0.2, -0.15) is 0 Å². The molecule has 0 amide bonds. The Morgan fingerprint density at radius 2 is 1.84 bits per heavy atom. The van der Waals surface area contributed by atoms with Crippen LogP contribution in [0.1, 0.15) is 25.1 Å². The number of aromatic nitrogens is 2. The van der Waals surface area contributed by atoms with Crippen molar-refractivity contribution in [3.8, 4) is 0 Å². The number of rotatable bonds is 1. The van der Waals surface area contributed by atoms with Gasteiger partial charge in [0.2, 0.25) is 0 Å². The quantitative estimate of drug-likeness (QED) is 0.796. The Hall–Kier alpha value is -1.17. The number of halogens is 3. The lowest BCUT2D eigenvalue weighted by Crippen LogP contribution is -2.25. The van der Waals surface area contributed by atoms with E-state index in [4.69, 9.17) is 23.2 Å². The van der Waals surface area contributed by atoms with E-state index in [0.717, 1.165) is 0 Å². The van der Waals surface area contributed by atoms with E-state index in [0.29, 0.717) is 5.56 Å². The van der Waals surface area contributed by atoms with Crippen LogP contribution in [-0.4, -0.2) is 15.1 Å². The molecule has 7 heteroatoms. The molecule has 102 valence electrons. The normalized spacial score (nSPS) is 12.2. The van der Waals surface area contributed by atoms with Gasteiger partial charge in [-0.1, -0.05) is 23.2 Å². The van der Waals surface area contributed by atoms with Crippen LogP contribution in [0.3, 0.4) is 0 Å². The second kappa shape index (κ2) is 4.44. The summed E-state index contributed by atoms with van der Waals surface area (Å²) in [4.78, 5) is 18.1. The Labute approximate surface area is 118 Å². The highest BCUT2D eigenvalue weighted by Crippen LogP contribution is 2.32. The average Bonchev–Trinajstić information content (AvgIpc) is 2.27. The number of aromatic amines is 1. The summed E-state index contributed by atoms with van der Waals surface area (Å²) in [7, 11) is 0. The second-order valence-corrected chi connectivity index (χ2v) is 5.49. The molecule has 0 saturated carbocycles. The Kier molecular flexibility index (Phi) is 3.33. The van der Waals surface area contributed by atoms with Gasteiger partial charge in [0.05, 0.1) is 16.7 Å². The SMILES string of the molecule is Cc1c(C(C)(C)O)[nH]c(=O)c2c(Cl)nc(Cl)c(F)c12. The van der Waals surface area contributed by atoms with Gasteiger partial charge in [0.15, 0.2) is 11.0 Å². The summed E-state index contributed by atoms with van der Waals surface area (Å²) in [5, 5.41) is 9.33. The van der Waals surface area contributed by atoms with E-state index in [1.165, 1.54) is 13.8 Å². The third kappa shape index (κ3) is 2.22. The maximum Gasteiger partial charge on any atom is 0.259 e. The van der Waals surface area contributed by atoms with E-state index in [1.54, 1.807) is 6.92 Å². The van der Waals surface area contributed by atoms with E-state index in [1.807, 2.05) is 0 Å². The van der Waals surface area contributed by atoms with Gasteiger partial charge in [-0.3, -0.25) is 4.79 Å². The van der Waals surface area contributed by atoms with Crippen molar-refractivity contribution < 1.29 is 9.50 Å². The first-order valence-electron chi connectivity index (χ1n) is 5.44. The van der Waals surface area contributed by atoms with Gasteiger partial charge >= 0.3 is 0 Å². The Bertz CT molecular complexity index is 735. The lowest BCUT2D eigenvalue weighted by Gasteiger charge is -2.21. The standard InChI is InChI=1S/C12H11Cl2FN2O2/c1-4-5-6(9(13)17-10(14)7(5)15)11(18)16-8(4)12(2,3)19/h19H,1-3H3,(H,16,18). The zero-order valence-electron chi connectivity index (χ0n) is 10.4. The number of nitrogens with one attached hydrogen (secondary N) is 1. The highest BCUT2D eigenvalue weighted by atomic mass is 35.5. The molecule has 0 bridgehead atoms. The summed E-state index contributed by atoms with van der Waals surface area (Å²) in [5.74, 6) is -0.824. The van der Waals surface area contributed by atoms with Crippen LogP contribution >= 0.6 is 23.2 Å². The molecule has 2 aromatic rings. The molecule has 0 aromatic carbocycles. The van der Waals surface area contributed by atoms with E-state index in [-0.39, 0.29) is 21.6 Å². The van der Waals surface area contributed by atoms with Gasteiger partial charge in [-0.15, -0.1) is 0 Å². The number of hydrogen-bond donors (Lipinski definition) is 2. The minimum absolute atomic E-state index is 0.0223. The number of aryl methyl sites for hydroxylation is 1. The summed E-state index contributed by atoms with van der Waals surface area (Å²) in [6, 6.07) is 0. The summed E-state index contributed by atoms with van der Waals surface area (Å²) in [5.41, 5.74) is -1.37. The van der Waals surface area contributed by atoms with Gasteiger partial charge in [0, 0.05) is 5.39 Å². The zero-order chi connectivity index (χ0) is 14.5. The smallest absolute Gasteiger partial charge is 0.259 e. The lowest BCUT2D eigenvalue weighted by molar-refractivity contribution is 0.0731. The predicted octanol–water partition coefficient (Wildman–Crippen LogP) is 2.90. The molecule has 0 aliphatic rings. The van der Waals surface area contributed by atoms with Crippen LogP contribution < -0.4 is 5.56 Å². The van der Waals surface area contributed by atoms with Crippen LogP contribution in [0.5, 0.6) is 0 Å². The minimum Gasteiger partial charge on any atom is -0.384 e. The monoisotopic (exact) mass is 304 g/mol. The first-order chi connectivity index (χ1) is 8.64. The number of hydrogen-bond acceptors (Lipinski definition) is 3. The number of nitrogens with zero attached hydrogens (tertiary/aromatic N) is 1. The van der Waals surface area contributed by atoms with Crippen LogP contribution in [-0.2, 0) is 5.60 Å². The van der Waals surface area contributed by atoms with Crippen LogP contribution in [0.2, 0.25) is 10.3 Å². The van der Waals surface area contributed by atoms with Crippen molar-refractivity contribution in [3.63, 3.8) is 0 Å². The van der Waals surface area contributed by atoms with Crippen LogP contribution in [0.4, 0.5) is 4.39 Å². The van der Waals surface area contributed by atoms with Gasteiger partial charge in [0.1, 0.15) is 5.15 Å². The number of pyridine rings is 2. The molecule has 0 unspecified atom stereocenters. The molecule has 0 aliphatic heterocycles. The molecule has 4 nitrogen and oxygen atoms in total. The zero-order valence-corrected chi connectivity index (χ0v) is 11.9. The van der Waals surface area contributed by atoms with Crippen LogP contribution in [0.25, 0.3) is 10.8 Å². The topological polar surface area (TPSA) is 66.0 Å². The van der Waals surface area contributed by atoms with Crippen molar-refractivity contribution in [2.24, 2.45) is 0 Å². The average molecular weight is 305 g/mol. The molecular weight excluding hydrogens is 294 g/mol. The van der Waals surface area contributed by atoms with Crippen LogP contribution in [0, 0.1) is 12.7 Å². The molecule has 0 saturated heterocycles. The fraction of sp³-hybridized carbons (Fsp3) is 0.333. The molecule has 2 aromatic heterocycles. The van der Waals surface area contributed by atoms with Gasteiger partial charge < -0.3 is 10.1 Å². The fourth-order valence-corrected chi connectivity index (χ4v) is 2.56. The third-order valence-corrected chi connectivity index (χ3v) is 3.40. The van der Waals surface area contributed by atoms with Crippen molar-refractivity contribution in [3.05, 3.63) is 37.7 Å². The minimum atomic E-state index is -1.33. The largest absolute Gasteiger partial charge is 0.384 e. The van der Waals surface area contributed by atoms with E-state index >= 15 is 0 Å². The molecule has 0 aliphatic carbocycles. The van der Waals surface area contributed by atoms with E-state index < -0.39 is 22.1 Å². The summed E-state index contributed by atoms with van der Waals surface area (Å²) in [6.45, 7) is 4.54. The molecular formula is C12H11Cl2FN2O2. The van der Waals surface area contributed by atoms with Gasteiger partial charge in [-0.25, -0.2) is 9.37 Å². The van der Waals surface area contributed by atoms with Crippen molar-refractivity contribution in [1.82, 2.24) is 9.97 Å². The van der Waals surface area contributed by atoms with E-state index in [9.17, 15) is 14.3 Å². The molecule has 0 atom stereocenters. The van der Waals surface area contributed by atoms with Crippen molar-refractivity contribution in [1.29, 1.82) is 0 Å².